The summed E-state index contributed by atoms with van der Waals surface area (Å²) in [6.07, 6.45) is 1.94. The minimum Gasteiger partial charge on any atom is -0.381 e. The van der Waals surface area contributed by atoms with Crippen LogP contribution in [0.1, 0.15) is 33.6 Å². The molecule has 0 atom stereocenters. The van der Waals surface area contributed by atoms with Crippen LogP contribution in [0.2, 0.25) is 0 Å². The number of carbonyl (C=O) groups is 1. The van der Waals surface area contributed by atoms with Gasteiger partial charge in [-0.15, -0.1) is 0 Å². The largest absolute Gasteiger partial charge is 0.381 e. The Morgan fingerprint density at radius 3 is 2.21 bits per heavy atom. The number of nitrogens with zero attached hydrogens (tertiary/aromatic N) is 1. The number of ether oxygens (including phenoxy) is 1. The first kappa shape index (κ1) is 11.5. The summed E-state index contributed by atoms with van der Waals surface area (Å²) >= 11 is 0. The van der Waals surface area contributed by atoms with Gasteiger partial charge in [-0.25, -0.2) is 0 Å². The van der Waals surface area contributed by atoms with E-state index < -0.39 is 0 Å². The van der Waals surface area contributed by atoms with E-state index in [-0.39, 0.29) is 11.3 Å². The van der Waals surface area contributed by atoms with Crippen LogP contribution in [0.4, 0.5) is 0 Å². The minimum atomic E-state index is -0.271. The third-order valence-corrected chi connectivity index (χ3v) is 2.70. The Morgan fingerprint density at radius 1 is 1.29 bits per heavy atom. The molecule has 0 saturated carbocycles. The van der Waals surface area contributed by atoms with Gasteiger partial charge in [0.25, 0.3) is 0 Å². The van der Waals surface area contributed by atoms with Crippen LogP contribution in [-0.2, 0) is 9.53 Å². The van der Waals surface area contributed by atoms with Gasteiger partial charge < -0.3 is 9.64 Å². The van der Waals surface area contributed by atoms with E-state index in [1.807, 2.05) is 32.7 Å². The standard InChI is InChI=1S/C11H21NO2/c1-11(2,3)10(13)12(4)9-5-7-14-8-6-9/h9H,5-8H2,1-4H3. The van der Waals surface area contributed by atoms with Gasteiger partial charge in [-0.2, -0.15) is 0 Å². The lowest BCUT2D eigenvalue weighted by Gasteiger charge is -2.35. The zero-order valence-electron chi connectivity index (χ0n) is 9.67. The molecule has 1 aliphatic heterocycles. The molecule has 3 nitrogen and oxygen atoms in total. The lowest BCUT2D eigenvalue weighted by molar-refractivity contribution is -0.141. The van der Waals surface area contributed by atoms with Crippen LogP contribution in [-0.4, -0.2) is 37.1 Å². The Kier molecular flexibility index (Phi) is 3.53. The average Bonchev–Trinajstić information content (AvgIpc) is 2.15. The summed E-state index contributed by atoms with van der Waals surface area (Å²) in [7, 11) is 1.91. The number of amides is 1. The fraction of sp³-hybridized carbons (Fsp3) is 0.909. The Labute approximate surface area is 86.4 Å². The second kappa shape index (κ2) is 4.30. The summed E-state index contributed by atoms with van der Waals surface area (Å²) in [5.41, 5.74) is -0.271. The van der Waals surface area contributed by atoms with Crippen molar-refractivity contribution in [2.24, 2.45) is 5.41 Å². The molecule has 0 aromatic carbocycles. The van der Waals surface area contributed by atoms with E-state index in [4.69, 9.17) is 4.74 Å². The molecule has 14 heavy (non-hydrogen) atoms. The topological polar surface area (TPSA) is 29.5 Å². The Hall–Kier alpha value is -0.570. The van der Waals surface area contributed by atoms with Gasteiger partial charge in [0.1, 0.15) is 0 Å². The third kappa shape index (κ3) is 2.71. The van der Waals surface area contributed by atoms with Gasteiger partial charge in [0.15, 0.2) is 0 Å². The van der Waals surface area contributed by atoms with Gasteiger partial charge in [-0.3, -0.25) is 4.79 Å². The molecule has 1 fully saturated rings. The second-order valence-electron chi connectivity index (χ2n) is 5.01. The van der Waals surface area contributed by atoms with Gasteiger partial charge >= 0.3 is 0 Å². The summed E-state index contributed by atoms with van der Waals surface area (Å²) < 4.78 is 5.28. The zero-order valence-corrected chi connectivity index (χ0v) is 9.67. The number of hydrogen-bond donors (Lipinski definition) is 0. The molecule has 0 aromatic rings. The maximum absolute atomic E-state index is 11.9. The highest BCUT2D eigenvalue weighted by Crippen LogP contribution is 2.21. The molecule has 0 aliphatic carbocycles. The fourth-order valence-electron chi connectivity index (χ4n) is 1.77. The summed E-state index contributed by atoms with van der Waals surface area (Å²) in [6.45, 7) is 7.46. The third-order valence-electron chi connectivity index (χ3n) is 2.70. The van der Waals surface area contributed by atoms with E-state index in [1.54, 1.807) is 0 Å². The van der Waals surface area contributed by atoms with Gasteiger partial charge in [0, 0.05) is 31.7 Å². The zero-order chi connectivity index (χ0) is 10.8. The first-order valence-electron chi connectivity index (χ1n) is 5.28. The smallest absolute Gasteiger partial charge is 0.227 e. The first-order valence-corrected chi connectivity index (χ1v) is 5.28. The van der Waals surface area contributed by atoms with Crippen LogP contribution in [0.25, 0.3) is 0 Å². The quantitative estimate of drug-likeness (QED) is 0.643. The van der Waals surface area contributed by atoms with Gasteiger partial charge in [-0.1, -0.05) is 20.8 Å². The summed E-state index contributed by atoms with van der Waals surface area (Å²) in [6, 6.07) is 0.371. The van der Waals surface area contributed by atoms with Crippen LogP contribution < -0.4 is 0 Å². The van der Waals surface area contributed by atoms with E-state index in [0.29, 0.717) is 6.04 Å². The number of rotatable bonds is 1. The van der Waals surface area contributed by atoms with Crippen molar-refractivity contribution in [3.05, 3.63) is 0 Å². The predicted octanol–water partition coefficient (Wildman–Crippen LogP) is 1.67. The normalized spacial score (nSPS) is 19.4. The Balaban J connectivity index is 2.55. The molecule has 1 aliphatic rings. The predicted molar refractivity (Wildman–Crippen MR) is 56.1 cm³/mol. The number of hydrogen-bond acceptors (Lipinski definition) is 2. The molecule has 3 heteroatoms. The second-order valence-corrected chi connectivity index (χ2v) is 5.01. The van der Waals surface area contributed by atoms with Gasteiger partial charge in [0.05, 0.1) is 0 Å². The first-order chi connectivity index (χ1) is 6.43. The summed E-state index contributed by atoms with van der Waals surface area (Å²) in [5.74, 6) is 0.226. The van der Waals surface area contributed by atoms with E-state index in [2.05, 4.69) is 0 Å². The van der Waals surface area contributed by atoms with Gasteiger partial charge in [0.2, 0.25) is 5.91 Å². The summed E-state index contributed by atoms with van der Waals surface area (Å²) in [5, 5.41) is 0. The monoisotopic (exact) mass is 199 g/mol. The van der Waals surface area contributed by atoms with Crippen molar-refractivity contribution in [2.45, 2.75) is 39.7 Å². The molecular weight excluding hydrogens is 178 g/mol. The van der Waals surface area contributed by atoms with Crippen molar-refractivity contribution < 1.29 is 9.53 Å². The maximum Gasteiger partial charge on any atom is 0.227 e. The molecule has 0 aromatic heterocycles. The Morgan fingerprint density at radius 2 is 1.79 bits per heavy atom. The van der Waals surface area contributed by atoms with Crippen molar-refractivity contribution in [3.63, 3.8) is 0 Å². The van der Waals surface area contributed by atoms with Crippen LogP contribution in [0.5, 0.6) is 0 Å². The number of carbonyl (C=O) groups excluding carboxylic acids is 1. The van der Waals surface area contributed by atoms with Crippen molar-refractivity contribution >= 4 is 5.91 Å². The van der Waals surface area contributed by atoms with Crippen LogP contribution >= 0.6 is 0 Å². The van der Waals surface area contributed by atoms with E-state index in [1.165, 1.54) is 0 Å². The molecule has 0 radical (unpaired) electrons. The highest BCUT2D eigenvalue weighted by molar-refractivity contribution is 5.81. The van der Waals surface area contributed by atoms with Crippen LogP contribution in [0, 0.1) is 5.41 Å². The van der Waals surface area contributed by atoms with E-state index in [9.17, 15) is 4.79 Å². The SMILES string of the molecule is CN(C(=O)C(C)(C)C)C1CCOCC1. The van der Waals surface area contributed by atoms with Crippen molar-refractivity contribution in [2.75, 3.05) is 20.3 Å². The van der Waals surface area contributed by atoms with Crippen molar-refractivity contribution in [1.82, 2.24) is 4.90 Å². The molecule has 82 valence electrons. The molecule has 1 saturated heterocycles. The molecule has 1 rings (SSSR count). The lowest BCUT2D eigenvalue weighted by atomic mass is 9.93. The fourth-order valence-corrected chi connectivity index (χ4v) is 1.77. The highest BCUT2D eigenvalue weighted by atomic mass is 16.5. The highest BCUT2D eigenvalue weighted by Gasteiger charge is 2.30. The molecule has 0 bridgehead atoms. The van der Waals surface area contributed by atoms with Crippen LogP contribution in [0.15, 0.2) is 0 Å². The van der Waals surface area contributed by atoms with Gasteiger partial charge in [-0.05, 0) is 12.8 Å². The van der Waals surface area contributed by atoms with Crippen LogP contribution in [0.3, 0.4) is 0 Å². The lowest BCUT2D eigenvalue weighted by Crippen LogP contribution is -2.45. The average molecular weight is 199 g/mol. The molecule has 0 unspecified atom stereocenters. The molecule has 0 spiro atoms. The Bertz CT molecular complexity index is 202. The minimum absolute atomic E-state index is 0.226. The summed E-state index contributed by atoms with van der Waals surface area (Å²) in [4.78, 5) is 13.8. The van der Waals surface area contributed by atoms with E-state index >= 15 is 0 Å². The molecule has 1 heterocycles. The molecule has 0 N–H and O–H groups in total. The van der Waals surface area contributed by atoms with Crippen molar-refractivity contribution in [3.8, 4) is 0 Å². The maximum atomic E-state index is 11.9. The van der Waals surface area contributed by atoms with Crippen molar-refractivity contribution in [1.29, 1.82) is 0 Å². The van der Waals surface area contributed by atoms with E-state index in [0.717, 1.165) is 26.1 Å². The molecular formula is C11H21NO2. The molecule has 1 amide bonds.